The number of hydrogen-bond donors (Lipinski definition) is 2. The number of carbonyl (C=O) groups is 1. The van der Waals surface area contributed by atoms with Crippen LogP contribution >= 0.6 is 15.9 Å². The van der Waals surface area contributed by atoms with Gasteiger partial charge in [0.1, 0.15) is 17.3 Å². The number of pyridine rings is 1. The van der Waals surface area contributed by atoms with Crippen molar-refractivity contribution in [2.24, 2.45) is 0 Å². The molecule has 0 aliphatic heterocycles. The minimum absolute atomic E-state index is 0.299. The molecule has 0 radical (unpaired) electrons. The number of nitrogens with one attached hydrogen (secondary N) is 2. The minimum Gasteiger partial charge on any atom is -0.334 e. The van der Waals surface area contributed by atoms with E-state index in [-0.39, 0.29) is 11.8 Å². The molecule has 2 heterocycles. The largest absolute Gasteiger partial charge is 0.334 e. The van der Waals surface area contributed by atoms with Gasteiger partial charge in [0.25, 0.3) is 0 Å². The summed E-state index contributed by atoms with van der Waals surface area (Å²) < 4.78 is 15.7. The zero-order valence-electron chi connectivity index (χ0n) is 13.9. The van der Waals surface area contributed by atoms with E-state index in [0.717, 1.165) is 26.9 Å². The van der Waals surface area contributed by atoms with Crippen LogP contribution in [0.25, 0.3) is 5.65 Å². The zero-order chi connectivity index (χ0) is 18.0. The summed E-state index contributed by atoms with van der Waals surface area (Å²) in [7, 11) is 0. The van der Waals surface area contributed by atoms with Crippen molar-refractivity contribution < 1.29 is 9.18 Å². The highest BCUT2D eigenvalue weighted by atomic mass is 79.9. The van der Waals surface area contributed by atoms with E-state index in [4.69, 9.17) is 0 Å². The number of benzene rings is 1. The quantitative estimate of drug-likeness (QED) is 0.675. The summed E-state index contributed by atoms with van der Waals surface area (Å²) in [6, 6.07) is 7.67. The van der Waals surface area contributed by atoms with Gasteiger partial charge in [-0.2, -0.15) is 0 Å². The molecule has 7 heteroatoms. The van der Waals surface area contributed by atoms with Crippen LogP contribution in [0.3, 0.4) is 0 Å². The first-order valence-corrected chi connectivity index (χ1v) is 8.73. The molecule has 130 valence electrons. The lowest BCUT2D eigenvalue weighted by atomic mass is 10.2. The van der Waals surface area contributed by atoms with Crippen molar-refractivity contribution in [3.63, 3.8) is 0 Å². The number of aromatic nitrogens is 2. The monoisotopic (exact) mass is 404 g/mol. The number of amides is 2. The van der Waals surface area contributed by atoms with Crippen LogP contribution in [0, 0.1) is 12.7 Å². The van der Waals surface area contributed by atoms with Gasteiger partial charge in [-0.3, -0.25) is 9.72 Å². The predicted molar refractivity (Wildman–Crippen MR) is 99.3 cm³/mol. The van der Waals surface area contributed by atoms with Crippen LogP contribution in [-0.4, -0.2) is 15.4 Å². The number of carbonyl (C=O) groups excluding carboxylic acids is 1. The molecule has 2 N–H and O–H groups in total. The van der Waals surface area contributed by atoms with Gasteiger partial charge in [-0.15, -0.1) is 0 Å². The van der Waals surface area contributed by atoms with Crippen LogP contribution in [-0.2, 0) is 13.0 Å². The summed E-state index contributed by atoms with van der Waals surface area (Å²) in [6.07, 6.45) is 2.58. The molecule has 0 aliphatic rings. The molecule has 1 aromatic carbocycles. The molecule has 25 heavy (non-hydrogen) atoms. The van der Waals surface area contributed by atoms with Crippen molar-refractivity contribution >= 4 is 33.4 Å². The van der Waals surface area contributed by atoms with Gasteiger partial charge in [0, 0.05) is 17.2 Å². The number of fused-ring (bicyclic) bond motifs is 1. The van der Waals surface area contributed by atoms with Crippen molar-refractivity contribution in [1.29, 1.82) is 0 Å². The minimum atomic E-state index is -0.335. The molecule has 0 spiro atoms. The Balaban J connectivity index is 1.79. The molecule has 0 saturated carbocycles. The van der Waals surface area contributed by atoms with Gasteiger partial charge >= 0.3 is 6.03 Å². The Morgan fingerprint density at radius 1 is 1.32 bits per heavy atom. The molecule has 3 rings (SSSR count). The van der Waals surface area contributed by atoms with Crippen LogP contribution in [0.2, 0.25) is 0 Å². The number of hydrogen-bond acceptors (Lipinski definition) is 2. The molecule has 0 fully saturated rings. The van der Waals surface area contributed by atoms with Crippen molar-refractivity contribution in [3.05, 3.63) is 63.6 Å². The first kappa shape index (κ1) is 17.4. The van der Waals surface area contributed by atoms with E-state index >= 15 is 0 Å². The lowest BCUT2D eigenvalue weighted by molar-refractivity contribution is 0.251. The molecule has 0 aliphatic carbocycles. The van der Waals surface area contributed by atoms with Crippen molar-refractivity contribution in [2.75, 3.05) is 5.32 Å². The third-order valence-electron chi connectivity index (χ3n) is 3.88. The Morgan fingerprint density at radius 3 is 2.72 bits per heavy atom. The fraction of sp³-hybridized carbons (Fsp3) is 0.222. The van der Waals surface area contributed by atoms with Crippen molar-refractivity contribution in [3.8, 4) is 0 Å². The highest BCUT2D eigenvalue weighted by Gasteiger charge is 2.15. The Kier molecular flexibility index (Phi) is 5.03. The SMILES string of the molecule is CCc1nc2c(C)cc(Br)cn2c1NC(=O)NCc1ccc(F)cc1. The van der Waals surface area contributed by atoms with Gasteiger partial charge < -0.3 is 5.32 Å². The van der Waals surface area contributed by atoms with Crippen LogP contribution < -0.4 is 10.6 Å². The summed E-state index contributed by atoms with van der Waals surface area (Å²) in [6.45, 7) is 4.28. The van der Waals surface area contributed by atoms with Crippen LogP contribution in [0.4, 0.5) is 15.0 Å². The third-order valence-corrected chi connectivity index (χ3v) is 4.31. The van der Waals surface area contributed by atoms with Crippen LogP contribution in [0.15, 0.2) is 41.0 Å². The van der Waals surface area contributed by atoms with E-state index in [1.165, 1.54) is 12.1 Å². The van der Waals surface area contributed by atoms with Gasteiger partial charge in [-0.1, -0.05) is 19.1 Å². The highest BCUT2D eigenvalue weighted by Crippen LogP contribution is 2.24. The van der Waals surface area contributed by atoms with Gasteiger partial charge in [0.15, 0.2) is 0 Å². The van der Waals surface area contributed by atoms with Crippen LogP contribution in [0.5, 0.6) is 0 Å². The zero-order valence-corrected chi connectivity index (χ0v) is 15.5. The maximum Gasteiger partial charge on any atom is 0.320 e. The van der Waals surface area contributed by atoms with E-state index in [1.807, 2.05) is 30.5 Å². The number of aryl methyl sites for hydroxylation is 2. The normalized spacial score (nSPS) is 10.9. The van der Waals surface area contributed by atoms with Crippen LogP contribution in [0.1, 0.15) is 23.7 Å². The topological polar surface area (TPSA) is 58.4 Å². The summed E-state index contributed by atoms with van der Waals surface area (Å²) in [4.78, 5) is 16.9. The lowest BCUT2D eigenvalue weighted by Gasteiger charge is -2.09. The average Bonchev–Trinajstić information content (AvgIpc) is 2.92. The highest BCUT2D eigenvalue weighted by molar-refractivity contribution is 9.10. The lowest BCUT2D eigenvalue weighted by Crippen LogP contribution is -2.29. The van der Waals surface area contributed by atoms with E-state index in [0.29, 0.717) is 18.8 Å². The van der Waals surface area contributed by atoms with Gasteiger partial charge in [0.2, 0.25) is 0 Å². The van der Waals surface area contributed by atoms with E-state index in [1.54, 1.807) is 12.1 Å². The van der Waals surface area contributed by atoms with Crippen molar-refractivity contribution in [2.45, 2.75) is 26.8 Å². The number of imidazole rings is 1. The molecule has 2 amide bonds. The second-order valence-electron chi connectivity index (χ2n) is 5.73. The second kappa shape index (κ2) is 7.23. The summed E-state index contributed by atoms with van der Waals surface area (Å²) in [5, 5.41) is 5.65. The number of nitrogens with zero attached hydrogens (tertiary/aromatic N) is 2. The maximum absolute atomic E-state index is 12.9. The Bertz CT molecular complexity index is 921. The van der Waals surface area contributed by atoms with Gasteiger partial charge in [-0.25, -0.2) is 14.2 Å². The second-order valence-corrected chi connectivity index (χ2v) is 6.65. The Hall–Kier alpha value is -2.41. The number of rotatable bonds is 4. The van der Waals surface area contributed by atoms with Gasteiger partial charge in [-0.05, 0) is 58.6 Å². The van der Waals surface area contributed by atoms with Gasteiger partial charge in [0.05, 0.1) is 5.69 Å². The average molecular weight is 405 g/mol. The van der Waals surface area contributed by atoms with E-state index in [9.17, 15) is 9.18 Å². The standard InChI is InChI=1S/C18H18BrFN4O/c1-3-15-17(24-10-13(19)8-11(2)16(24)22-15)23-18(25)21-9-12-4-6-14(20)7-5-12/h4-8,10H,3,9H2,1-2H3,(H2,21,23,25). The predicted octanol–water partition coefficient (Wildman–Crippen LogP) is 4.43. The molecule has 0 atom stereocenters. The Labute approximate surface area is 153 Å². The molecule has 0 saturated heterocycles. The number of halogens is 2. The summed E-state index contributed by atoms with van der Waals surface area (Å²) in [5.74, 6) is 0.353. The first-order valence-electron chi connectivity index (χ1n) is 7.94. The fourth-order valence-electron chi connectivity index (χ4n) is 2.63. The fourth-order valence-corrected chi connectivity index (χ4v) is 3.18. The number of urea groups is 1. The molecule has 0 unspecified atom stereocenters. The van der Waals surface area contributed by atoms with E-state index in [2.05, 4.69) is 31.5 Å². The summed E-state index contributed by atoms with van der Waals surface area (Å²) >= 11 is 3.47. The first-order chi connectivity index (χ1) is 12.0. The molecule has 0 bridgehead atoms. The molecular formula is C18H18BrFN4O. The molecule has 5 nitrogen and oxygen atoms in total. The molecular weight excluding hydrogens is 387 g/mol. The summed E-state index contributed by atoms with van der Waals surface area (Å²) in [5.41, 5.74) is 3.47. The van der Waals surface area contributed by atoms with Crippen molar-refractivity contribution in [1.82, 2.24) is 14.7 Å². The Morgan fingerprint density at radius 2 is 2.04 bits per heavy atom. The maximum atomic E-state index is 12.9. The number of anilines is 1. The van der Waals surface area contributed by atoms with E-state index < -0.39 is 0 Å². The molecule has 3 aromatic rings. The smallest absolute Gasteiger partial charge is 0.320 e. The molecule has 2 aromatic heterocycles. The third kappa shape index (κ3) is 3.82.